The molecule has 2 aromatic carbocycles. The molecule has 0 atom stereocenters. The number of pyridine rings is 1. The van der Waals surface area contributed by atoms with Crippen LogP contribution in [0.4, 0.5) is 5.69 Å². The molecule has 0 aliphatic heterocycles. The lowest BCUT2D eigenvalue weighted by molar-refractivity contribution is 0.102. The molecular weight excluding hydrogens is 328 g/mol. The highest BCUT2D eigenvalue weighted by Crippen LogP contribution is 2.23. The van der Waals surface area contributed by atoms with Gasteiger partial charge in [-0.1, -0.05) is 42.5 Å². The van der Waals surface area contributed by atoms with Crippen molar-refractivity contribution in [1.82, 2.24) is 4.57 Å². The topological polar surface area (TPSA) is 60.3 Å². The Bertz CT molecular complexity index is 949. The zero-order chi connectivity index (χ0) is 18.4. The molecular formula is C21H20N2O3. The Hall–Kier alpha value is -3.34. The first-order valence-corrected chi connectivity index (χ1v) is 8.45. The van der Waals surface area contributed by atoms with Gasteiger partial charge in [-0.3, -0.25) is 9.59 Å². The smallest absolute Gasteiger partial charge is 0.263 e. The fourth-order valence-corrected chi connectivity index (χ4v) is 2.66. The number of hydrogen-bond donors (Lipinski definition) is 1. The number of nitrogens with zero attached hydrogens (tertiary/aromatic N) is 1. The van der Waals surface area contributed by atoms with Crippen LogP contribution < -0.4 is 15.6 Å². The van der Waals surface area contributed by atoms with E-state index in [0.29, 0.717) is 24.6 Å². The van der Waals surface area contributed by atoms with Gasteiger partial charge in [0, 0.05) is 6.20 Å². The fourth-order valence-electron chi connectivity index (χ4n) is 2.66. The van der Waals surface area contributed by atoms with E-state index >= 15 is 0 Å². The molecule has 0 aliphatic rings. The normalized spacial score (nSPS) is 10.3. The van der Waals surface area contributed by atoms with Crippen molar-refractivity contribution < 1.29 is 9.53 Å². The predicted octanol–water partition coefficient (Wildman–Crippen LogP) is 3.55. The molecule has 0 bridgehead atoms. The molecule has 1 aromatic heterocycles. The number of aromatic nitrogens is 1. The van der Waals surface area contributed by atoms with Crippen LogP contribution in [-0.4, -0.2) is 17.1 Å². The molecule has 0 spiro atoms. The minimum atomic E-state index is -0.454. The monoisotopic (exact) mass is 348 g/mol. The van der Waals surface area contributed by atoms with Gasteiger partial charge in [-0.15, -0.1) is 0 Å². The second-order valence-electron chi connectivity index (χ2n) is 5.72. The molecule has 132 valence electrons. The van der Waals surface area contributed by atoms with Gasteiger partial charge in [0.2, 0.25) is 0 Å². The number of anilines is 1. The molecule has 3 rings (SSSR count). The number of benzene rings is 2. The summed E-state index contributed by atoms with van der Waals surface area (Å²) in [5, 5.41) is 2.77. The summed E-state index contributed by atoms with van der Waals surface area (Å²) in [6, 6.07) is 20.0. The lowest BCUT2D eigenvalue weighted by atomic mass is 10.2. The van der Waals surface area contributed by atoms with Crippen molar-refractivity contribution in [1.29, 1.82) is 0 Å². The average Bonchev–Trinajstić information content (AvgIpc) is 2.66. The lowest BCUT2D eigenvalue weighted by Crippen LogP contribution is -2.29. The van der Waals surface area contributed by atoms with Gasteiger partial charge in [0.1, 0.15) is 11.3 Å². The van der Waals surface area contributed by atoms with E-state index in [1.807, 2.05) is 43.3 Å². The van der Waals surface area contributed by atoms with E-state index in [0.717, 1.165) is 5.56 Å². The summed E-state index contributed by atoms with van der Waals surface area (Å²) >= 11 is 0. The summed E-state index contributed by atoms with van der Waals surface area (Å²) in [7, 11) is 0. The number of nitrogens with one attached hydrogen (secondary N) is 1. The van der Waals surface area contributed by atoms with E-state index in [-0.39, 0.29) is 11.1 Å². The summed E-state index contributed by atoms with van der Waals surface area (Å²) in [6.45, 7) is 2.77. The van der Waals surface area contributed by atoms with Crippen molar-refractivity contribution in [2.75, 3.05) is 11.9 Å². The summed E-state index contributed by atoms with van der Waals surface area (Å²) < 4.78 is 7.04. The van der Waals surface area contributed by atoms with Crippen LogP contribution in [0, 0.1) is 0 Å². The number of hydrogen-bond acceptors (Lipinski definition) is 3. The van der Waals surface area contributed by atoms with E-state index in [2.05, 4.69) is 5.32 Å². The number of ether oxygens (including phenoxy) is 1. The zero-order valence-electron chi connectivity index (χ0n) is 14.5. The molecule has 1 amide bonds. The van der Waals surface area contributed by atoms with Gasteiger partial charge >= 0.3 is 0 Å². The Kier molecular flexibility index (Phi) is 5.49. The first kappa shape index (κ1) is 17.5. The van der Waals surface area contributed by atoms with Crippen LogP contribution in [0.5, 0.6) is 5.75 Å². The highest BCUT2D eigenvalue weighted by molar-refractivity contribution is 6.04. The molecule has 1 N–H and O–H groups in total. The van der Waals surface area contributed by atoms with Gasteiger partial charge in [0.05, 0.1) is 18.8 Å². The highest BCUT2D eigenvalue weighted by atomic mass is 16.5. The van der Waals surface area contributed by atoms with Crippen LogP contribution in [0.3, 0.4) is 0 Å². The SMILES string of the molecule is CCOc1ccccc1NC(=O)c1cccn(Cc2ccccc2)c1=O. The number of carbonyl (C=O) groups excluding carboxylic acids is 1. The Morgan fingerprint density at radius 2 is 1.73 bits per heavy atom. The van der Waals surface area contributed by atoms with E-state index in [1.54, 1.807) is 30.5 Å². The maximum atomic E-state index is 12.7. The standard InChI is InChI=1S/C21H20N2O3/c1-2-26-19-13-7-6-12-18(19)22-20(24)17-11-8-14-23(21(17)25)15-16-9-4-3-5-10-16/h3-14H,2,15H2,1H3,(H,22,24). The van der Waals surface area contributed by atoms with Gasteiger partial charge in [-0.2, -0.15) is 0 Å². The van der Waals surface area contributed by atoms with Crippen molar-refractivity contribution in [3.05, 3.63) is 94.4 Å². The first-order chi connectivity index (χ1) is 12.7. The van der Waals surface area contributed by atoms with Gasteiger partial charge in [0.15, 0.2) is 0 Å². The van der Waals surface area contributed by atoms with E-state index in [1.165, 1.54) is 10.6 Å². The van der Waals surface area contributed by atoms with Crippen LogP contribution >= 0.6 is 0 Å². The predicted molar refractivity (Wildman–Crippen MR) is 102 cm³/mol. The molecule has 0 fully saturated rings. The molecule has 26 heavy (non-hydrogen) atoms. The largest absolute Gasteiger partial charge is 0.492 e. The van der Waals surface area contributed by atoms with Crippen LogP contribution in [0.2, 0.25) is 0 Å². The van der Waals surface area contributed by atoms with Gasteiger partial charge < -0.3 is 14.6 Å². The number of rotatable bonds is 6. The molecule has 0 saturated carbocycles. The summed E-state index contributed by atoms with van der Waals surface area (Å²) in [6.07, 6.45) is 1.68. The molecule has 5 nitrogen and oxygen atoms in total. The van der Waals surface area contributed by atoms with Crippen molar-refractivity contribution in [3.63, 3.8) is 0 Å². The molecule has 0 radical (unpaired) electrons. The second kappa shape index (κ2) is 8.16. The fraction of sp³-hybridized carbons (Fsp3) is 0.143. The molecule has 5 heteroatoms. The molecule has 0 unspecified atom stereocenters. The van der Waals surface area contributed by atoms with E-state index in [9.17, 15) is 9.59 Å². The van der Waals surface area contributed by atoms with E-state index in [4.69, 9.17) is 4.74 Å². The van der Waals surface area contributed by atoms with E-state index < -0.39 is 5.91 Å². The quantitative estimate of drug-likeness (QED) is 0.741. The third-order valence-corrected chi connectivity index (χ3v) is 3.90. The van der Waals surface area contributed by atoms with Crippen LogP contribution in [0.25, 0.3) is 0 Å². The van der Waals surface area contributed by atoms with Gasteiger partial charge in [0.25, 0.3) is 11.5 Å². The summed E-state index contributed by atoms with van der Waals surface area (Å²) in [4.78, 5) is 25.3. The molecule has 3 aromatic rings. The van der Waals surface area contributed by atoms with Gasteiger partial charge in [-0.25, -0.2) is 0 Å². The third kappa shape index (κ3) is 4.00. The van der Waals surface area contributed by atoms with Crippen molar-refractivity contribution in [3.8, 4) is 5.75 Å². The Labute approximate surface area is 151 Å². The average molecular weight is 348 g/mol. The minimum Gasteiger partial charge on any atom is -0.492 e. The zero-order valence-corrected chi connectivity index (χ0v) is 14.5. The van der Waals surface area contributed by atoms with Crippen molar-refractivity contribution in [2.45, 2.75) is 13.5 Å². The Morgan fingerprint density at radius 1 is 1.00 bits per heavy atom. The lowest BCUT2D eigenvalue weighted by Gasteiger charge is -2.12. The number of amides is 1. The highest BCUT2D eigenvalue weighted by Gasteiger charge is 2.14. The molecule has 0 aliphatic carbocycles. The van der Waals surface area contributed by atoms with Crippen LogP contribution in [0.15, 0.2) is 77.7 Å². The van der Waals surface area contributed by atoms with Crippen molar-refractivity contribution in [2.24, 2.45) is 0 Å². The number of para-hydroxylation sites is 2. The van der Waals surface area contributed by atoms with Crippen molar-refractivity contribution >= 4 is 11.6 Å². The second-order valence-corrected chi connectivity index (χ2v) is 5.72. The van der Waals surface area contributed by atoms with Crippen LogP contribution in [0.1, 0.15) is 22.8 Å². The first-order valence-electron chi connectivity index (χ1n) is 8.45. The summed E-state index contributed by atoms with van der Waals surface area (Å²) in [5.74, 6) is 0.119. The Balaban J connectivity index is 1.84. The molecule has 1 heterocycles. The maximum Gasteiger partial charge on any atom is 0.263 e. The Morgan fingerprint density at radius 3 is 2.50 bits per heavy atom. The summed E-state index contributed by atoms with van der Waals surface area (Å²) in [5.41, 5.74) is 1.29. The maximum absolute atomic E-state index is 12.7. The van der Waals surface area contributed by atoms with Gasteiger partial charge in [-0.05, 0) is 36.8 Å². The third-order valence-electron chi connectivity index (χ3n) is 3.90. The number of carbonyl (C=O) groups is 1. The van der Waals surface area contributed by atoms with Crippen LogP contribution in [-0.2, 0) is 6.54 Å². The molecule has 0 saturated heterocycles. The minimum absolute atomic E-state index is 0.0923.